The van der Waals surface area contributed by atoms with Crippen LogP contribution in [0.2, 0.25) is 0 Å². The first kappa shape index (κ1) is 14.1. The van der Waals surface area contributed by atoms with E-state index in [4.69, 9.17) is 4.42 Å². The van der Waals surface area contributed by atoms with Crippen molar-refractivity contribution in [2.24, 2.45) is 0 Å². The van der Waals surface area contributed by atoms with Crippen LogP contribution in [0.3, 0.4) is 0 Å². The molecule has 0 saturated heterocycles. The molecule has 3 nitrogen and oxygen atoms in total. The third kappa shape index (κ3) is 3.07. The van der Waals surface area contributed by atoms with Crippen LogP contribution < -0.4 is 5.32 Å². The van der Waals surface area contributed by atoms with E-state index in [0.29, 0.717) is 24.5 Å². The number of hydrogen-bond donors (Lipinski definition) is 1. The fourth-order valence-corrected chi connectivity index (χ4v) is 1.98. The summed E-state index contributed by atoms with van der Waals surface area (Å²) >= 11 is 0. The van der Waals surface area contributed by atoms with Crippen LogP contribution in [-0.4, -0.2) is 11.0 Å². The molecule has 0 bridgehead atoms. The number of halogens is 4. The maximum atomic E-state index is 14.0. The van der Waals surface area contributed by atoms with Crippen LogP contribution in [0.1, 0.15) is 24.3 Å². The summed E-state index contributed by atoms with van der Waals surface area (Å²) in [6.45, 7) is 0.380. The topological polar surface area (TPSA) is 38.1 Å². The Morgan fingerprint density at radius 2 is 2.05 bits per heavy atom. The van der Waals surface area contributed by atoms with E-state index < -0.39 is 17.6 Å². The average Bonchev–Trinajstić information content (AvgIpc) is 3.13. The van der Waals surface area contributed by atoms with E-state index in [1.807, 2.05) is 0 Å². The van der Waals surface area contributed by atoms with Crippen LogP contribution in [0, 0.1) is 5.82 Å². The molecule has 1 aromatic carbocycles. The van der Waals surface area contributed by atoms with Gasteiger partial charge in [0, 0.05) is 6.04 Å². The molecule has 1 fully saturated rings. The van der Waals surface area contributed by atoms with Gasteiger partial charge in [0.2, 0.25) is 5.89 Å². The molecule has 1 N–H and O–H groups in total. The lowest BCUT2D eigenvalue weighted by Crippen LogP contribution is -2.15. The highest BCUT2D eigenvalue weighted by atomic mass is 19.4. The quantitative estimate of drug-likeness (QED) is 0.874. The highest BCUT2D eigenvalue weighted by molar-refractivity contribution is 5.59. The number of benzene rings is 1. The Kier molecular flexibility index (Phi) is 3.44. The normalized spacial score (nSPS) is 15.4. The standard InChI is InChI=1S/C14H12F4N2O/c15-13-9(2-1-3-10(13)14(16,17)18)11-6-20-12(21-11)7-19-8-4-5-8/h1-3,6,8,19H,4-5,7H2. The van der Waals surface area contributed by atoms with Gasteiger partial charge in [0.15, 0.2) is 5.76 Å². The molecule has 0 spiro atoms. The van der Waals surface area contributed by atoms with Gasteiger partial charge in [-0.05, 0) is 25.0 Å². The van der Waals surface area contributed by atoms with Gasteiger partial charge in [-0.25, -0.2) is 9.37 Å². The third-order valence-corrected chi connectivity index (χ3v) is 3.24. The van der Waals surface area contributed by atoms with E-state index >= 15 is 0 Å². The summed E-state index contributed by atoms with van der Waals surface area (Å²) in [6.07, 6.45) is -1.31. The van der Waals surface area contributed by atoms with Gasteiger partial charge in [0.1, 0.15) is 5.82 Å². The first-order valence-corrected chi connectivity index (χ1v) is 6.49. The number of hydrogen-bond acceptors (Lipinski definition) is 3. The third-order valence-electron chi connectivity index (χ3n) is 3.24. The lowest BCUT2D eigenvalue weighted by molar-refractivity contribution is -0.139. The van der Waals surface area contributed by atoms with Gasteiger partial charge < -0.3 is 9.73 Å². The smallest absolute Gasteiger partial charge is 0.419 e. The second-order valence-electron chi connectivity index (χ2n) is 4.94. The van der Waals surface area contributed by atoms with Crippen molar-refractivity contribution in [3.63, 3.8) is 0 Å². The largest absolute Gasteiger partial charge is 0.439 e. The maximum absolute atomic E-state index is 14.0. The molecule has 0 radical (unpaired) electrons. The van der Waals surface area contributed by atoms with E-state index in [0.717, 1.165) is 18.9 Å². The number of aromatic nitrogens is 1. The number of rotatable bonds is 4. The zero-order valence-electron chi connectivity index (χ0n) is 10.9. The van der Waals surface area contributed by atoms with E-state index in [-0.39, 0.29) is 11.3 Å². The summed E-state index contributed by atoms with van der Waals surface area (Å²) in [5.41, 5.74) is -1.55. The minimum absolute atomic E-state index is 0.00815. The fourth-order valence-electron chi connectivity index (χ4n) is 1.98. The van der Waals surface area contributed by atoms with E-state index in [1.165, 1.54) is 12.3 Å². The van der Waals surface area contributed by atoms with E-state index in [1.54, 1.807) is 0 Å². The molecule has 0 unspecified atom stereocenters. The molecule has 1 saturated carbocycles. The van der Waals surface area contributed by atoms with Crippen LogP contribution in [0.25, 0.3) is 11.3 Å². The van der Waals surface area contributed by atoms with Crippen LogP contribution in [-0.2, 0) is 12.7 Å². The molecule has 1 heterocycles. The van der Waals surface area contributed by atoms with Crippen molar-refractivity contribution in [3.8, 4) is 11.3 Å². The molecular formula is C14H12F4N2O. The first-order chi connectivity index (χ1) is 9.95. The Hall–Kier alpha value is -1.89. The lowest BCUT2D eigenvalue weighted by atomic mass is 10.1. The van der Waals surface area contributed by atoms with Crippen molar-refractivity contribution in [2.45, 2.75) is 31.6 Å². The Labute approximate surface area is 118 Å². The van der Waals surface area contributed by atoms with Crippen molar-refractivity contribution >= 4 is 0 Å². The van der Waals surface area contributed by atoms with Crippen LogP contribution in [0.15, 0.2) is 28.8 Å². The lowest BCUT2D eigenvalue weighted by Gasteiger charge is -2.09. The van der Waals surface area contributed by atoms with Gasteiger partial charge in [-0.1, -0.05) is 6.07 Å². The van der Waals surface area contributed by atoms with Gasteiger partial charge in [0.25, 0.3) is 0 Å². The highest BCUT2D eigenvalue weighted by Gasteiger charge is 2.35. The van der Waals surface area contributed by atoms with Crippen molar-refractivity contribution in [2.75, 3.05) is 0 Å². The fraction of sp³-hybridized carbons (Fsp3) is 0.357. The molecule has 0 aliphatic heterocycles. The zero-order valence-corrected chi connectivity index (χ0v) is 10.9. The second kappa shape index (κ2) is 5.14. The minimum Gasteiger partial charge on any atom is -0.439 e. The van der Waals surface area contributed by atoms with Crippen molar-refractivity contribution < 1.29 is 22.0 Å². The second-order valence-corrected chi connectivity index (χ2v) is 4.94. The van der Waals surface area contributed by atoms with Gasteiger partial charge in [-0.2, -0.15) is 13.2 Å². The van der Waals surface area contributed by atoms with Gasteiger partial charge in [0.05, 0.1) is 23.9 Å². The molecule has 0 amide bonds. The van der Waals surface area contributed by atoms with Gasteiger partial charge in [-0.3, -0.25) is 0 Å². The van der Waals surface area contributed by atoms with Gasteiger partial charge >= 0.3 is 6.18 Å². The molecule has 21 heavy (non-hydrogen) atoms. The Bertz CT molecular complexity index is 647. The summed E-state index contributed by atoms with van der Waals surface area (Å²) < 4.78 is 57.3. The Morgan fingerprint density at radius 3 is 2.71 bits per heavy atom. The minimum atomic E-state index is -4.74. The molecule has 1 aliphatic carbocycles. The van der Waals surface area contributed by atoms with Crippen LogP contribution in [0.4, 0.5) is 17.6 Å². The molecule has 2 aromatic rings. The molecule has 0 atom stereocenters. The number of oxazole rings is 1. The SMILES string of the molecule is Fc1c(-c2cnc(CNC3CC3)o2)cccc1C(F)(F)F. The van der Waals surface area contributed by atoms with Gasteiger partial charge in [-0.15, -0.1) is 0 Å². The average molecular weight is 300 g/mol. The molecule has 7 heteroatoms. The summed E-state index contributed by atoms with van der Waals surface area (Å²) in [7, 11) is 0. The summed E-state index contributed by atoms with van der Waals surface area (Å²) in [6, 6.07) is 3.53. The zero-order chi connectivity index (χ0) is 15.0. The molecule has 3 rings (SSSR count). The molecule has 1 aliphatic rings. The Balaban J connectivity index is 1.86. The summed E-state index contributed by atoms with van der Waals surface area (Å²) in [5, 5.41) is 3.16. The highest BCUT2D eigenvalue weighted by Crippen LogP contribution is 2.35. The van der Waals surface area contributed by atoms with Crippen LogP contribution >= 0.6 is 0 Å². The Morgan fingerprint density at radius 1 is 1.29 bits per heavy atom. The monoisotopic (exact) mass is 300 g/mol. The predicted molar refractivity (Wildman–Crippen MR) is 66.8 cm³/mol. The first-order valence-electron chi connectivity index (χ1n) is 6.49. The summed E-state index contributed by atoms with van der Waals surface area (Å²) in [5.74, 6) is -1.03. The van der Waals surface area contributed by atoms with Crippen LogP contribution in [0.5, 0.6) is 0 Å². The van der Waals surface area contributed by atoms with E-state index in [9.17, 15) is 17.6 Å². The molecule has 112 valence electrons. The number of nitrogens with zero attached hydrogens (tertiary/aromatic N) is 1. The molecular weight excluding hydrogens is 288 g/mol. The maximum Gasteiger partial charge on any atom is 0.419 e. The van der Waals surface area contributed by atoms with E-state index in [2.05, 4.69) is 10.3 Å². The molecule has 1 aromatic heterocycles. The van der Waals surface area contributed by atoms with Crippen molar-refractivity contribution in [1.82, 2.24) is 10.3 Å². The van der Waals surface area contributed by atoms with Crippen molar-refractivity contribution in [1.29, 1.82) is 0 Å². The number of nitrogens with one attached hydrogen (secondary N) is 1. The van der Waals surface area contributed by atoms with Crippen molar-refractivity contribution in [3.05, 3.63) is 41.7 Å². The summed E-state index contributed by atoms with van der Waals surface area (Å²) in [4.78, 5) is 3.95. The number of alkyl halides is 3. The predicted octanol–water partition coefficient (Wildman–Crippen LogP) is 3.75.